The van der Waals surface area contributed by atoms with Gasteiger partial charge in [0.2, 0.25) is 0 Å². The van der Waals surface area contributed by atoms with Gasteiger partial charge in [-0.2, -0.15) is 0 Å². The molecular formula is C22H23FIN5. The van der Waals surface area contributed by atoms with Crippen LogP contribution in [0.1, 0.15) is 11.3 Å². The summed E-state index contributed by atoms with van der Waals surface area (Å²) in [5.41, 5.74) is 2.95. The van der Waals surface area contributed by atoms with Gasteiger partial charge in [0.25, 0.3) is 0 Å². The second-order valence-electron chi connectivity index (χ2n) is 6.59. The van der Waals surface area contributed by atoms with Gasteiger partial charge in [-0.1, -0.05) is 24.3 Å². The Morgan fingerprint density at radius 1 is 1.10 bits per heavy atom. The van der Waals surface area contributed by atoms with Crippen LogP contribution in [0.4, 0.5) is 4.39 Å². The Kier molecular flexibility index (Phi) is 7.03. The molecule has 2 aromatic heterocycles. The summed E-state index contributed by atoms with van der Waals surface area (Å²) < 4.78 is 13.3. The van der Waals surface area contributed by atoms with Gasteiger partial charge in [-0.15, -0.1) is 24.0 Å². The topological polar surface area (TPSA) is 65.1 Å². The molecule has 0 fully saturated rings. The van der Waals surface area contributed by atoms with Gasteiger partial charge in [0.05, 0.1) is 12.2 Å². The molecule has 3 N–H and O–H groups in total. The van der Waals surface area contributed by atoms with Gasteiger partial charge in [0.1, 0.15) is 5.82 Å². The minimum atomic E-state index is -0.231. The molecule has 0 aliphatic heterocycles. The summed E-state index contributed by atoms with van der Waals surface area (Å²) in [5.74, 6) is 0.492. The molecule has 0 radical (unpaired) electrons. The number of guanidine groups is 1. The Morgan fingerprint density at radius 3 is 2.83 bits per heavy atom. The largest absolute Gasteiger partial charge is 0.361 e. The van der Waals surface area contributed by atoms with E-state index in [4.69, 9.17) is 0 Å². The zero-order valence-electron chi connectivity index (χ0n) is 16.1. The quantitative estimate of drug-likeness (QED) is 0.215. The second-order valence-corrected chi connectivity index (χ2v) is 6.59. The first-order valence-electron chi connectivity index (χ1n) is 9.27. The summed E-state index contributed by atoms with van der Waals surface area (Å²) in [6, 6.07) is 15.0. The summed E-state index contributed by atoms with van der Waals surface area (Å²) >= 11 is 0. The third-order valence-electron chi connectivity index (χ3n) is 4.82. The molecule has 0 bridgehead atoms. The average Bonchev–Trinajstić information content (AvgIpc) is 3.12. The first kappa shape index (κ1) is 21.0. The molecule has 150 valence electrons. The van der Waals surface area contributed by atoms with Gasteiger partial charge >= 0.3 is 0 Å². The van der Waals surface area contributed by atoms with Crippen LogP contribution in [0.5, 0.6) is 0 Å². The number of hydrogen-bond donors (Lipinski definition) is 3. The lowest BCUT2D eigenvalue weighted by atomic mass is 10.1. The fourth-order valence-corrected chi connectivity index (χ4v) is 3.39. The smallest absolute Gasteiger partial charge is 0.191 e. The molecule has 0 saturated carbocycles. The summed E-state index contributed by atoms with van der Waals surface area (Å²) in [6.45, 7) is 1.31. The van der Waals surface area contributed by atoms with E-state index in [-0.39, 0.29) is 29.8 Å². The number of pyridine rings is 1. The minimum Gasteiger partial charge on any atom is -0.361 e. The van der Waals surface area contributed by atoms with Crippen LogP contribution in [0.3, 0.4) is 0 Å². The van der Waals surface area contributed by atoms with Crippen molar-refractivity contribution in [2.45, 2.75) is 13.0 Å². The van der Waals surface area contributed by atoms with E-state index in [1.165, 1.54) is 17.5 Å². The second kappa shape index (κ2) is 9.69. The number of fused-ring (bicyclic) bond motifs is 2. The zero-order valence-corrected chi connectivity index (χ0v) is 18.4. The Hall–Kier alpha value is -2.68. The van der Waals surface area contributed by atoms with E-state index in [1.807, 2.05) is 36.7 Å². The maximum atomic E-state index is 13.3. The Bertz CT molecular complexity index is 1130. The molecular weight excluding hydrogens is 480 g/mol. The van der Waals surface area contributed by atoms with E-state index in [0.29, 0.717) is 13.1 Å². The molecule has 0 atom stereocenters. The van der Waals surface area contributed by atoms with Gasteiger partial charge in [0, 0.05) is 42.3 Å². The van der Waals surface area contributed by atoms with Crippen LogP contribution in [0.25, 0.3) is 21.7 Å². The fraction of sp³-hybridized carbons (Fsp3) is 0.182. The van der Waals surface area contributed by atoms with Crippen LogP contribution in [-0.2, 0) is 13.0 Å². The molecule has 4 aromatic rings. The first-order chi connectivity index (χ1) is 13.7. The van der Waals surface area contributed by atoms with Crippen LogP contribution in [-0.4, -0.2) is 29.5 Å². The normalized spacial score (nSPS) is 11.4. The molecule has 0 unspecified atom stereocenters. The first-order valence-corrected chi connectivity index (χ1v) is 9.27. The van der Waals surface area contributed by atoms with Crippen LogP contribution in [0.15, 0.2) is 65.9 Å². The van der Waals surface area contributed by atoms with E-state index in [0.717, 1.165) is 39.9 Å². The van der Waals surface area contributed by atoms with Crippen molar-refractivity contribution in [2.24, 2.45) is 4.99 Å². The molecule has 7 heteroatoms. The number of rotatable bonds is 5. The van der Waals surface area contributed by atoms with Crippen molar-refractivity contribution in [1.82, 2.24) is 20.6 Å². The molecule has 0 aliphatic carbocycles. The molecule has 29 heavy (non-hydrogen) atoms. The van der Waals surface area contributed by atoms with Crippen LogP contribution in [0, 0.1) is 5.82 Å². The highest BCUT2D eigenvalue weighted by atomic mass is 127. The fourth-order valence-electron chi connectivity index (χ4n) is 3.39. The Morgan fingerprint density at radius 2 is 1.97 bits per heavy atom. The molecule has 4 rings (SSSR count). The van der Waals surface area contributed by atoms with Gasteiger partial charge in [-0.25, -0.2) is 4.39 Å². The van der Waals surface area contributed by atoms with Crippen molar-refractivity contribution < 1.29 is 4.39 Å². The summed E-state index contributed by atoms with van der Waals surface area (Å²) in [4.78, 5) is 11.9. The number of H-pyrrole nitrogens is 1. The highest BCUT2D eigenvalue weighted by Gasteiger charge is 2.06. The Labute approximate surface area is 185 Å². The minimum absolute atomic E-state index is 0. The predicted octanol–water partition coefficient (Wildman–Crippen LogP) is 4.38. The molecule has 5 nitrogen and oxygen atoms in total. The molecule has 0 aliphatic rings. The lowest BCUT2D eigenvalue weighted by Crippen LogP contribution is -2.38. The zero-order chi connectivity index (χ0) is 19.3. The third kappa shape index (κ3) is 4.84. The van der Waals surface area contributed by atoms with Crippen molar-refractivity contribution >= 4 is 51.6 Å². The summed E-state index contributed by atoms with van der Waals surface area (Å²) in [7, 11) is 1.75. The van der Waals surface area contributed by atoms with Gasteiger partial charge < -0.3 is 15.6 Å². The summed E-state index contributed by atoms with van der Waals surface area (Å²) in [5, 5.41) is 10.0. The molecule has 2 heterocycles. The van der Waals surface area contributed by atoms with E-state index < -0.39 is 0 Å². The Balaban J connectivity index is 0.00000240. The third-order valence-corrected chi connectivity index (χ3v) is 4.82. The van der Waals surface area contributed by atoms with E-state index in [1.54, 1.807) is 7.05 Å². The molecule has 2 aromatic carbocycles. The number of nitrogens with zero attached hydrogens (tertiary/aromatic N) is 2. The summed E-state index contributed by atoms with van der Waals surface area (Å²) in [6.07, 6.45) is 4.57. The van der Waals surface area contributed by atoms with E-state index >= 15 is 0 Å². The number of hydrogen-bond acceptors (Lipinski definition) is 2. The SMILES string of the molecule is CN=C(NCCc1c[nH]c2cc(F)ccc12)NCc1nccc2ccccc12.I. The highest BCUT2D eigenvalue weighted by molar-refractivity contribution is 14.0. The van der Waals surface area contributed by atoms with Crippen LogP contribution in [0.2, 0.25) is 0 Å². The number of nitrogens with one attached hydrogen (secondary N) is 3. The lowest BCUT2D eigenvalue weighted by molar-refractivity contribution is 0.629. The van der Waals surface area contributed by atoms with Gasteiger partial charge in [-0.05, 0) is 41.6 Å². The van der Waals surface area contributed by atoms with Crippen molar-refractivity contribution in [3.8, 4) is 0 Å². The average molecular weight is 503 g/mol. The van der Waals surface area contributed by atoms with E-state index in [2.05, 4.69) is 37.7 Å². The number of aromatic amines is 1. The maximum absolute atomic E-state index is 13.3. The predicted molar refractivity (Wildman–Crippen MR) is 127 cm³/mol. The van der Waals surface area contributed by atoms with Crippen molar-refractivity contribution in [3.05, 3.63) is 78.0 Å². The van der Waals surface area contributed by atoms with Crippen LogP contribution >= 0.6 is 24.0 Å². The van der Waals surface area contributed by atoms with E-state index in [9.17, 15) is 4.39 Å². The lowest BCUT2D eigenvalue weighted by Gasteiger charge is -2.12. The van der Waals surface area contributed by atoms with Crippen LogP contribution < -0.4 is 10.6 Å². The van der Waals surface area contributed by atoms with Crippen molar-refractivity contribution in [1.29, 1.82) is 0 Å². The standard InChI is InChI=1S/C22H22FN5.HI/c1-24-22(28-14-21-18-5-3-2-4-15(18)8-10-25-21)26-11-9-16-13-27-20-12-17(23)6-7-19(16)20;/h2-8,10,12-13,27H,9,11,14H2,1H3,(H2,24,26,28);1H. The maximum Gasteiger partial charge on any atom is 0.191 e. The number of benzene rings is 2. The molecule has 0 saturated heterocycles. The number of aliphatic imine (C=N–C) groups is 1. The number of aromatic nitrogens is 2. The number of halogens is 2. The van der Waals surface area contributed by atoms with Crippen molar-refractivity contribution in [2.75, 3.05) is 13.6 Å². The highest BCUT2D eigenvalue weighted by Crippen LogP contribution is 2.19. The monoisotopic (exact) mass is 503 g/mol. The van der Waals surface area contributed by atoms with Gasteiger partial charge in [-0.3, -0.25) is 9.98 Å². The molecule has 0 spiro atoms. The molecule has 0 amide bonds. The van der Waals surface area contributed by atoms with Gasteiger partial charge in [0.15, 0.2) is 5.96 Å². The van der Waals surface area contributed by atoms with Crippen molar-refractivity contribution in [3.63, 3.8) is 0 Å².